The Labute approximate surface area is 174 Å². The first-order valence-corrected chi connectivity index (χ1v) is 9.01. The Morgan fingerprint density at radius 2 is 1.71 bits per heavy atom. The quantitative estimate of drug-likeness (QED) is 0.438. The molecule has 0 unspecified atom stereocenters. The number of aliphatic hydroxyl groups excluding tert-OH is 1. The zero-order valence-electron chi connectivity index (χ0n) is 16.0. The van der Waals surface area contributed by atoms with Gasteiger partial charge in [-0.3, -0.25) is 4.79 Å². The molecule has 0 spiro atoms. The number of carbonyl (C=O) groups is 2. The van der Waals surface area contributed by atoms with E-state index in [1.165, 1.54) is 0 Å². The van der Waals surface area contributed by atoms with Crippen LogP contribution in [0.25, 0.3) is 0 Å². The molecule has 2 rings (SSSR count). The van der Waals surface area contributed by atoms with Crippen LogP contribution in [0.2, 0.25) is 0 Å². The van der Waals surface area contributed by atoms with Gasteiger partial charge in [-0.2, -0.15) is 0 Å². The summed E-state index contributed by atoms with van der Waals surface area (Å²) in [7, 11) is 0. The fraction of sp³-hybridized carbons (Fsp3) is 0.300. The molecular weight excluding hydrogens is 424 g/mol. The molecule has 5 N–H and O–H groups in total. The molecule has 2 aromatic carbocycles. The van der Waals surface area contributed by atoms with Crippen molar-refractivity contribution in [3.63, 3.8) is 0 Å². The molecule has 0 heterocycles. The van der Waals surface area contributed by atoms with Crippen molar-refractivity contribution >= 4 is 11.9 Å². The lowest BCUT2D eigenvalue weighted by molar-refractivity contribution is -0.275. The molecule has 0 radical (unpaired) electrons. The van der Waals surface area contributed by atoms with Crippen LogP contribution in [-0.4, -0.2) is 46.6 Å². The zero-order chi connectivity index (χ0) is 23.2. The van der Waals surface area contributed by atoms with Gasteiger partial charge in [0, 0.05) is 12.5 Å². The summed E-state index contributed by atoms with van der Waals surface area (Å²) >= 11 is 0. The first-order chi connectivity index (χ1) is 14.5. The minimum atomic E-state index is -5.09. The molecule has 0 aliphatic rings. The highest BCUT2D eigenvalue weighted by atomic mass is 19.4. The molecule has 1 amide bonds. The maximum absolute atomic E-state index is 13.8. The number of halogens is 4. The third kappa shape index (κ3) is 7.54. The average molecular weight is 444 g/mol. The fourth-order valence-electron chi connectivity index (χ4n) is 2.76. The van der Waals surface area contributed by atoms with Gasteiger partial charge < -0.3 is 26.0 Å². The van der Waals surface area contributed by atoms with E-state index in [1.54, 1.807) is 30.3 Å². The Balaban J connectivity index is 2.03. The van der Waals surface area contributed by atoms with Gasteiger partial charge >= 0.3 is 12.3 Å². The number of nitrogens with two attached hydrogens (primary N) is 1. The number of amides is 1. The van der Waals surface area contributed by atoms with E-state index in [9.17, 15) is 37.4 Å². The van der Waals surface area contributed by atoms with Crippen LogP contribution in [0.15, 0.2) is 48.5 Å². The van der Waals surface area contributed by atoms with Crippen LogP contribution in [0.5, 0.6) is 5.75 Å². The predicted octanol–water partition coefficient (Wildman–Crippen LogP) is 1.77. The molecule has 168 valence electrons. The molecule has 0 aliphatic carbocycles. The maximum Gasteiger partial charge on any atom is 0.573 e. The Bertz CT molecular complexity index is 908. The number of ether oxygens (including phenoxy) is 1. The fourth-order valence-corrected chi connectivity index (χ4v) is 2.76. The maximum atomic E-state index is 13.8. The summed E-state index contributed by atoms with van der Waals surface area (Å²) in [5.41, 5.74) is 6.57. The number of carbonyl (C=O) groups excluding carboxylic acids is 1. The van der Waals surface area contributed by atoms with Gasteiger partial charge in [0.15, 0.2) is 11.6 Å². The summed E-state index contributed by atoms with van der Waals surface area (Å²) in [6.45, 7) is 0. The summed E-state index contributed by atoms with van der Waals surface area (Å²) in [6, 6.07) is 8.55. The Hall–Kier alpha value is -3.18. The van der Waals surface area contributed by atoms with Crippen molar-refractivity contribution in [1.29, 1.82) is 0 Å². The van der Waals surface area contributed by atoms with Gasteiger partial charge in [-0.15, -0.1) is 13.2 Å². The summed E-state index contributed by atoms with van der Waals surface area (Å²) in [6.07, 6.45) is -7.11. The summed E-state index contributed by atoms with van der Waals surface area (Å²) in [4.78, 5) is 23.7. The number of benzene rings is 2. The van der Waals surface area contributed by atoms with E-state index in [-0.39, 0.29) is 12.0 Å². The monoisotopic (exact) mass is 444 g/mol. The van der Waals surface area contributed by atoms with Gasteiger partial charge in [-0.1, -0.05) is 36.4 Å². The SMILES string of the molecule is N[C@H](Cc1ccccc1)[C@H](O)C(=O)N[C@@H](Cc1ccc(OC(F)(F)F)c(F)c1)C(=O)O. The number of aliphatic carboxylic acids is 1. The molecule has 0 fully saturated rings. The lowest BCUT2D eigenvalue weighted by Gasteiger charge is -2.21. The average Bonchev–Trinajstić information content (AvgIpc) is 2.68. The van der Waals surface area contributed by atoms with Gasteiger partial charge in [0.2, 0.25) is 0 Å². The first kappa shape index (κ1) is 24.1. The lowest BCUT2D eigenvalue weighted by atomic mass is 10.0. The van der Waals surface area contributed by atoms with Crippen molar-refractivity contribution < 1.29 is 42.1 Å². The second-order valence-corrected chi connectivity index (χ2v) is 6.71. The third-order valence-corrected chi connectivity index (χ3v) is 4.26. The second-order valence-electron chi connectivity index (χ2n) is 6.71. The summed E-state index contributed by atoms with van der Waals surface area (Å²) in [5, 5.41) is 21.5. The van der Waals surface area contributed by atoms with Crippen molar-refractivity contribution in [2.45, 2.75) is 37.4 Å². The van der Waals surface area contributed by atoms with Gasteiger partial charge in [-0.05, 0) is 29.7 Å². The Kier molecular flexibility index (Phi) is 7.95. The standard InChI is InChI=1S/C20H20F4N2O5/c21-13-8-12(6-7-16(13)31-20(22,23)24)10-15(19(29)30)26-18(28)17(27)14(25)9-11-4-2-1-3-5-11/h1-8,14-15,17,27H,9-10,25H2,(H,26,28)(H,29,30)/t14-,15+,17+/m1/s1. The molecule has 3 atom stereocenters. The van der Waals surface area contributed by atoms with Crippen LogP contribution >= 0.6 is 0 Å². The van der Waals surface area contributed by atoms with Crippen molar-refractivity contribution in [3.05, 3.63) is 65.5 Å². The molecule has 31 heavy (non-hydrogen) atoms. The zero-order valence-corrected chi connectivity index (χ0v) is 16.0. The molecule has 11 heteroatoms. The number of carboxylic acid groups (broad SMARTS) is 1. The number of aliphatic hydroxyl groups is 1. The number of alkyl halides is 3. The molecule has 0 saturated carbocycles. The van der Waals surface area contributed by atoms with Crippen LogP contribution in [0.3, 0.4) is 0 Å². The Morgan fingerprint density at radius 3 is 2.26 bits per heavy atom. The van der Waals surface area contributed by atoms with Crippen molar-refractivity contribution in [3.8, 4) is 5.75 Å². The molecule has 7 nitrogen and oxygen atoms in total. The van der Waals surface area contributed by atoms with Crippen molar-refractivity contribution in [1.82, 2.24) is 5.32 Å². The minimum Gasteiger partial charge on any atom is -0.480 e. The van der Waals surface area contributed by atoms with Crippen LogP contribution < -0.4 is 15.8 Å². The van der Waals surface area contributed by atoms with Gasteiger partial charge in [0.1, 0.15) is 12.1 Å². The number of nitrogens with one attached hydrogen (secondary N) is 1. The third-order valence-electron chi connectivity index (χ3n) is 4.26. The lowest BCUT2D eigenvalue weighted by Crippen LogP contribution is -2.52. The number of carboxylic acids is 1. The largest absolute Gasteiger partial charge is 0.573 e. The van der Waals surface area contributed by atoms with Gasteiger partial charge in [-0.25, -0.2) is 9.18 Å². The van der Waals surface area contributed by atoms with Gasteiger partial charge in [0.05, 0.1) is 0 Å². The molecule has 0 aliphatic heterocycles. The molecule has 0 aromatic heterocycles. The smallest absolute Gasteiger partial charge is 0.480 e. The van der Waals surface area contributed by atoms with Crippen molar-refractivity contribution in [2.75, 3.05) is 0 Å². The highest BCUT2D eigenvalue weighted by Gasteiger charge is 2.33. The van der Waals surface area contributed by atoms with Crippen LogP contribution in [0, 0.1) is 5.82 Å². The van der Waals surface area contributed by atoms with E-state index in [1.807, 2.05) is 0 Å². The van der Waals surface area contributed by atoms with E-state index in [0.717, 1.165) is 11.6 Å². The highest BCUT2D eigenvalue weighted by Crippen LogP contribution is 2.26. The molecule has 0 saturated heterocycles. The minimum absolute atomic E-state index is 0.0113. The van der Waals surface area contributed by atoms with E-state index in [4.69, 9.17) is 5.73 Å². The number of rotatable bonds is 9. The van der Waals surface area contributed by atoms with E-state index in [0.29, 0.717) is 12.1 Å². The normalized spacial score (nSPS) is 14.4. The summed E-state index contributed by atoms with van der Waals surface area (Å²) in [5.74, 6) is -4.97. The van der Waals surface area contributed by atoms with E-state index in [2.05, 4.69) is 10.1 Å². The topological polar surface area (TPSA) is 122 Å². The van der Waals surface area contributed by atoms with Crippen LogP contribution in [0.1, 0.15) is 11.1 Å². The highest BCUT2D eigenvalue weighted by molar-refractivity contribution is 5.86. The van der Waals surface area contributed by atoms with Crippen molar-refractivity contribution in [2.24, 2.45) is 5.73 Å². The predicted molar refractivity (Wildman–Crippen MR) is 100 cm³/mol. The molecular formula is C20H20F4N2O5. The number of hydrogen-bond acceptors (Lipinski definition) is 5. The molecule has 0 bridgehead atoms. The number of hydrogen-bond donors (Lipinski definition) is 4. The summed E-state index contributed by atoms with van der Waals surface area (Å²) < 4.78 is 54.0. The first-order valence-electron chi connectivity index (χ1n) is 9.01. The van der Waals surface area contributed by atoms with Gasteiger partial charge in [0.25, 0.3) is 5.91 Å². The van der Waals surface area contributed by atoms with E-state index < -0.39 is 54.4 Å². The Morgan fingerprint density at radius 1 is 1.06 bits per heavy atom. The van der Waals surface area contributed by atoms with E-state index >= 15 is 0 Å². The second kappa shape index (κ2) is 10.2. The molecule has 2 aromatic rings. The van der Waals surface area contributed by atoms with Crippen LogP contribution in [-0.2, 0) is 22.4 Å². The van der Waals surface area contributed by atoms with Crippen LogP contribution in [0.4, 0.5) is 17.6 Å².